The third kappa shape index (κ3) is 2.10. The number of rotatable bonds is 2. The van der Waals surface area contributed by atoms with E-state index in [0.717, 1.165) is 0 Å². The molecular formula is C7H13F2NO. The van der Waals surface area contributed by atoms with Crippen LogP contribution in [-0.2, 0) is 4.74 Å². The lowest BCUT2D eigenvalue weighted by molar-refractivity contribution is -0.0950. The average Bonchev–Trinajstić information content (AvgIpc) is 1.94. The maximum absolute atomic E-state index is 12.9. The minimum Gasteiger partial charge on any atom is -0.384 e. The first kappa shape index (κ1) is 8.87. The van der Waals surface area contributed by atoms with Crippen LogP contribution in [0.2, 0.25) is 0 Å². The third-order valence-corrected chi connectivity index (χ3v) is 2.00. The second-order valence-corrected chi connectivity index (χ2v) is 2.88. The van der Waals surface area contributed by atoms with Crippen molar-refractivity contribution in [2.24, 2.45) is 5.92 Å². The number of halogens is 2. The van der Waals surface area contributed by atoms with E-state index in [1.165, 1.54) is 7.11 Å². The summed E-state index contributed by atoms with van der Waals surface area (Å²) in [5, 5.41) is 2.66. The summed E-state index contributed by atoms with van der Waals surface area (Å²) in [7, 11) is 1.46. The molecule has 0 spiro atoms. The van der Waals surface area contributed by atoms with Gasteiger partial charge in [-0.15, -0.1) is 0 Å². The Hall–Kier alpha value is -0.220. The highest BCUT2D eigenvalue weighted by atomic mass is 19.3. The fourth-order valence-electron chi connectivity index (χ4n) is 1.29. The summed E-state index contributed by atoms with van der Waals surface area (Å²) < 4.78 is 30.5. The van der Waals surface area contributed by atoms with Crippen molar-refractivity contribution in [2.75, 3.05) is 26.8 Å². The molecule has 1 rings (SSSR count). The van der Waals surface area contributed by atoms with Crippen LogP contribution < -0.4 is 5.32 Å². The molecule has 1 N–H and O–H groups in total. The predicted octanol–water partition coefficient (Wildman–Crippen LogP) is 0.878. The van der Waals surface area contributed by atoms with E-state index in [9.17, 15) is 8.78 Å². The number of nitrogens with one attached hydrogen (secondary N) is 1. The van der Waals surface area contributed by atoms with Gasteiger partial charge in [-0.3, -0.25) is 0 Å². The molecule has 1 atom stereocenters. The van der Waals surface area contributed by atoms with Gasteiger partial charge in [-0.2, -0.15) is 0 Å². The molecule has 11 heavy (non-hydrogen) atoms. The van der Waals surface area contributed by atoms with Crippen LogP contribution in [0.25, 0.3) is 0 Å². The van der Waals surface area contributed by atoms with Crippen molar-refractivity contribution in [2.45, 2.75) is 12.3 Å². The number of hydrogen-bond acceptors (Lipinski definition) is 2. The maximum atomic E-state index is 12.9. The Kier molecular flexibility index (Phi) is 2.78. The quantitative estimate of drug-likeness (QED) is 0.655. The van der Waals surface area contributed by atoms with E-state index in [1.807, 2.05) is 0 Å². The zero-order valence-electron chi connectivity index (χ0n) is 6.57. The molecule has 0 aliphatic carbocycles. The molecule has 4 heteroatoms. The standard InChI is InChI=1S/C7H13F2NO/c1-11-4-6-2-3-10-5-7(6,8)9/h6,10H,2-5H2,1H3/t6-/m0/s1. The van der Waals surface area contributed by atoms with Crippen LogP contribution in [0.1, 0.15) is 6.42 Å². The first-order chi connectivity index (χ1) is 5.17. The highest BCUT2D eigenvalue weighted by Gasteiger charge is 2.41. The fourth-order valence-corrected chi connectivity index (χ4v) is 1.29. The molecule has 1 saturated heterocycles. The summed E-state index contributed by atoms with van der Waals surface area (Å²) in [5.74, 6) is -3.19. The molecule has 0 unspecified atom stereocenters. The molecule has 0 aromatic heterocycles. The second-order valence-electron chi connectivity index (χ2n) is 2.88. The largest absolute Gasteiger partial charge is 0.384 e. The summed E-state index contributed by atoms with van der Waals surface area (Å²) in [6, 6.07) is 0. The molecule has 0 radical (unpaired) electrons. The molecule has 1 fully saturated rings. The molecule has 0 aromatic carbocycles. The molecular weight excluding hydrogens is 152 g/mol. The van der Waals surface area contributed by atoms with E-state index in [0.29, 0.717) is 13.0 Å². The van der Waals surface area contributed by atoms with Crippen molar-refractivity contribution in [1.29, 1.82) is 0 Å². The second kappa shape index (κ2) is 3.45. The third-order valence-electron chi connectivity index (χ3n) is 2.00. The Labute approximate surface area is 64.9 Å². The zero-order chi connectivity index (χ0) is 8.32. The fraction of sp³-hybridized carbons (Fsp3) is 1.00. The first-order valence-electron chi connectivity index (χ1n) is 3.74. The van der Waals surface area contributed by atoms with Crippen LogP contribution in [0, 0.1) is 5.92 Å². The summed E-state index contributed by atoms with van der Waals surface area (Å²) in [5.41, 5.74) is 0. The van der Waals surface area contributed by atoms with E-state index in [4.69, 9.17) is 4.74 Å². The average molecular weight is 165 g/mol. The van der Waals surface area contributed by atoms with Gasteiger partial charge in [0, 0.05) is 13.0 Å². The smallest absolute Gasteiger partial charge is 0.265 e. The van der Waals surface area contributed by atoms with Crippen LogP contribution in [0.5, 0.6) is 0 Å². The molecule has 0 aromatic rings. The lowest BCUT2D eigenvalue weighted by Crippen LogP contribution is -2.47. The number of hydrogen-bond donors (Lipinski definition) is 1. The van der Waals surface area contributed by atoms with Crippen LogP contribution >= 0.6 is 0 Å². The van der Waals surface area contributed by atoms with E-state index in [-0.39, 0.29) is 13.2 Å². The number of alkyl halides is 2. The van der Waals surface area contributed by atoms with Gasteiger partial charge in [-0.05, 0) is 13.0 Å². The zero-order valence-corrected chi connectivity index (χ0v) is 6.57. The van der Waals surface area contributed by atoms with Gasteiger partial charge < -0.3 is 10.1 Å². The van der Waals surface area contributed by atoms with Gasteiger partial charge in [0.05, 0.1) is 13.2 Å². The topological polar surface area (TPSA) is 21.3 Å². The van der Waals surface area contributed by atoms with Gasteiger partial charge in [0.2, 0.25) is 0 Å². The summed E-state index contributed by atoms with van der Waals surface area (Å²) in [6.07, 6.45) is 0.501. The SMILES string of the molecule is COC[C@@H]1CCNCC1(F)F. The minimum absolute atomic E-state index is 0.161. The summed E-state index contributed by atoms with van der Waals surface area (Å²) in [6.45, 7) is 0.624. The lowest BCUT2D eigenvalue weighted by Gasteiger charge is -2.31. The van der Waals surface area contributed by atoms with Gasteiger partial charge in [0.25, 0.3) is 5.92 Å². The number of ether oxygens (including phenoxy) is 1. The van der Waals surface area contributed by atoms with Crippen LogP contribution in [-0.4, -0.2) is 32.7 Å². The van der Waals surface area contributed by atoms with Crippen molar-refractivity contribution in [3.8, 4) is 0 Å². The molecule has 2 nitrogen and oxygen atoms in total. The van der Waals surface area contributed by atoms with Gasteiger partial charge in [0.15, 0.2) is 0 Å². The summed E-state index contributed by atoms with van der Waals surface area (Å²) >= 11 is 0. The Morgan fingerprint density at radius 2 is 2.36 bits per heavy atom. The normalized spacial score (nSPS) is 30.3. The van der Waals surface area contributed by atoms with Gasteiger partial charge >= 0.3 is 0 Å². The van der Waals surface area contributed by atoms with E-state index < -0.39 is 11.8 Å². The Bertz CT molecular complexity index is 128. The Balaban J connectivity index is 2.45. The van der Waals surface area contributed by atoms with Gasteiger partial charge in [-0.25, -0.2) is 8.78 Å². The highest BCUT2D eigenvalue weighted by Crippen LogP contribution is 2.29. The highest BCUT2D eigenvalue weighted by molar-refractivity contribution is 4.84. The monoisotopic (exact) mass is 165 g/mol. The number of methoxy groups -OCH3 is 1. The van der Waals surface area contributed by atoms with E-state index in [1.54, 1.807) is 0 Å². The molecule has 66 valence electrons. The van der Waals surface area contributed by atoms with E-state index in [2.05, 4.69) is 5.32 Å². The van der Waals surface area contributed by atoms with Gasteiger partial charge in [0.1, 0.15) is 0 Å². The molecule has 1 heterocycles. The van der Waals surface area contributed by atoms with Crippen LogP contribution in [0.3, 0.4) is 0 Å². The molecule has 0 amide bonds. The van der Waals surface area contributed by atoms with Gasteiger partial charge in [-0.1, -0.05) is 0 Å². The van der Waals surface area contributed by atoms with Crippen LogP contribution in [0.4, 0.5) is 8.78 Å². The minimum atomic E-state index is -2.59. The Morgan fingerprint density at radius 3 is 2.91 bits per heavy atom. The van der Waals surface area contributed by atoms with Crippen molar-refractivity contribution in [3.63, 3.8) is 0 Å². The maximum Gasteiger partial charge on any atom is 0.265 e. The van der Waals surface area contributed by atoms with Crippen molar-refractivity contribution in [3.05, 3.63) is 0 Å². The lowest BCUT2D eigenvalue weighted by atomic mass is 9.95. The van der Waals surface area contributed by atoms with E-state index >= 15 is 0 Å². The van der Waals surface area contributed by atoms with Crippen molar-refractivity contribution in [1.82, 2.24) is 5.32 Å². The summed E-state index contributed by atoms with van der Waals surface area (Å²) in [4.78, 5) is 0. The predicted molar refractivity (Wildman–Crippen MR) is 37.8 cm³/mol. The molecule has 1 aliphatic heterocycles. The Morgan fingerprint density at radius 1 is 1.64 bits per heavy atom. The van der Waals surface area contributed by atoms with Crippen LogP contribution in [0.15, 0.2) is 0 Å². The number of piperidine rings is 1. The van der Waals surface area contributed by atoms with Crippen molar-refractivity contribution >= 4 is 0 Å². The molecule has 0 bridgehead atoms. The molecule has 0 saturated carbocycles. The first-order valence-corrected chi connectivity index (χ1v) is 3.74. The molecule has 1 aliphatic rings. The van der Waals surface area contributed by atoms with Crippen molar-refractivity contribution < 1.29 is 13.5 Å².